The van der Waals surface area contributed by atoms with E-state index in [1.54, 1.807) is 18.2 Å². The number of H-pyrrole nitrogens is 1. The average Bonchev–Trinajstić information content (AvgIpc) is 3.53. The Morgan fingerprint density at radius 3 is 2.57 bits per heavy atom. The molecule has 3 aliphatic rings. The molecule has 14 heteroatoms. The molecule has 3 heterocycles. The number of nitro groups is 1. The lowest BCUT2D eigenvalue weighted by Crippen LogP contribution is -2.60. The van der Waals surface area contributed by atoms with Crippen LogP contribution in [0.2, 0.25) is 0 Å². The zero-order chi connectivity index (χ0) is 30.2. The Kier molecular flexibility index (Phi) is 6.31. The van der Waals surface area contributed by atoms with Gasteiger partial charge in [-0.3, -0.25) is 19.7 Å². The molecule has 3 aromatic rings. The van der Waals surface area contributed by atoms with Gasteiger partial charge < -0.3 is 25.5 Å². The first-order chi connectivity index (χ1) is 19.8. The van der Waals surface area contributed by atoms with Crippen molar-refractivity contribution in [2.75, 3.05) is 26.2 Å². The number of aromatic nitrogens is 1. The molecule has 6 rings (SSSR count). The Balaban J connectivity index is 1.48. The number of sulfonamides is 1. The molecule has 2 aliphatic heterocycles. The second-order valence-corrected chi connectivity index (χ2v) is 12.9. The molecule has 0 spiro atoms. The summed E-state index contributed by atoms with van der Waals surface area (Å²) in [4.78, 5) is 42.1. The lowest BCUT2D eigenvalue weighted by atomic mass is 9.82. The van der Waals surface area contributed by atoms with Crippen LogP contribution in [0.4, 0.5) is 5.69 Å². The standard InChI is InChI=1S/C28H29N5O8S/c1-15(2)17-7-8-19-21(14-17)41-28(36)23-18(5-4-6-20(23)33(37)38)25(34)27(19,28)31-26(35)24-16(3)13-22(30-24)42(39,40)32-11-9-29-10-12-32/h4-8,13-15,29-30,36H,9-12H2,1-3H3,(H,31,35). The summed E-state index contributed by atoms with van der Waals surface area (Å²) in [7, 11) is -3.95. The molecule has 4 N–H and O–H groups in total. The summed E-state index contributed by atoms with van der Waals surface area (Å²) in [6.07, 6.45) is 0. The molecule has 0 bridgehead atoms. The van der Waals surface area contributed by atoms with Gasteiger partial charge in [0.05, 0.1) is 4.92 Å². The van der Waals surface area contributed by atoms with Gasteiger partial charge in [-0.2, -0.15) is 4.31 Å². The number of aromatic amines is 1. The highest BCUT2D eigenvalue weighted by Crippen LogP contribution is 2.60. The van der Waals surface area contributed by atoms with E-state index in [0.717, 1.165) is 11.6 Å². The van der Waals surface area contributed by atoms with Crippen molar-refractivity contribution in [1.82, 2.24) is 19.9 Å². The topological polar surface area (TPSA) is 184 Å². The zero-order valence-electron chi connectivity index (χ0n) is 23.1. The number of aryl methyl sites for hydroxylation is 1. The van der Waals surface area contributed by atoms with E-state index in [4.69, 9.17) is 4.74 Å². The quantitative estimate of drug-likeness (QED) is 0.244. The fraction of sp³-hybridized carbons (Fsp3) is 0.357. The van der Waals surface area contributed by atoms with Crippen LogP contribution in [-0.4, -0.2) is 65.6 Å². The Hall–Kier alpha value is -4.11. The van der Waals surface area contributed by atoms with E-state index in [1.165, 1.54) is 29.4 Å². The van der Waals surface area contributed by atoms with Crippen molar-refractivity contribution in [2.24, 2.45) is 0 Å². The highest BCUT2D eigenvalue weighted by molar-refractivity contribution is 7.89. The van der Waals surface area contributed by atoms with E-state index in [0.29, 0.717) is 13.1 Å². The molecule has 1 fully saturated rings. The highest BCUT2D eigenvalue weighted by Gasteiger charge is 2.73. The number of nitrogens with zero attached hydrogens (tertiary/aromatic N) is 2. The molecular formula is C28H29N5O8S. The number of rotatable bonds is 6. The molecule has 2 atom stereocenters. The predicted octanol–water partition coefficient (Wildman–Crippen LogP) is 2.01. The summed E-state index contributed by atoms with van der Waals surface area (Å²) in [6, 6.07) is 10.1. The fourth-order valence-electron chi connectivity index (χ4n) is 6.03. The number of Topliss-reactive ketones (excluding diaryl/α,β-unsaturated/α-hetero) is 1. The number of nitro benzene ring substituents is 1. The third kappa shape index (κ3) is 3.75. The van der Waals surface area contributed by atoms with Crippen LogP contribution < -0.4 is 15.4 Å². The van der Waals surface area contributed by atoms with E-state index in [2.05, 4.69) is 15.6 Å². The van der Waals surface area contributed by atoms with Crippen molar-refractivity contribution >= 4 is 27.4 Å². The Labute approximate surface area is 241 Å². The maximum atomic E-state index is 14.2. The number of ether oxygens (including phenoxy) is 1. The van der Waals surface area contributed by atoms with E-state index in [9.17, 15) is 33.2 Å². The van der Waals surface area contributed by atoms with E-state index >= 15 is 0 Å². The SMILES string of the molecule is Cc1cc(S(=O)(=O)N2CCNCC2)[nH]c1C(=O)NC12C(=O)c3cccc([N+](=O)[O-])c3C1(O)Oc1cc(C(C)C)ccc12. The van der Waals surface area contributed by atoms with Gasteiger partial charge in [0, 0.05) is 43.4 Å². The molecule has 1 aliphatic carbocycles. The van der Waals surface area contributed by atoms with Crippen LogP contribution in [0.15, 0.2) is 47.5 Å². The summed E-state index contributed by atoms with van der Waals surface area (Å²) in [5, 5.41) is 29.7. The van der Waals surface area contributed by atoms with Crippen LogP contribution in [0.5, 0.6) is 5.75 Å². The molecule has 13 nitrogen and oxygen atoms in total. The van der Waals surface area contributed by atoms with Gasteiger partial charge in [-0.25, -0.2) is 8.42 Å². The minimum Gasteiger partial charge on any atom is -0.454 e. The van der Waals surface area contributed by atoms with Gasteiger partial charge in [-0.15, -0.1) is 0 Å². The summed E-state index contributed by atoms with van der Waals surface area (Å²) < 4.78 is 33.8. The smallest absolute Gasteiger partial charge is 0.280 e. The normalized spacial score (nSPS) is 23.3. The molecule has 0 saturated carbocycles. The van der Waals surface area contributed by atoms with E-state index in [1.807, 2.05) is 13.8 Å². The summed E-state index contributed by atoms with van der Waals surface area (Å²) in [5.74, 6) is -4.22. The van der Waals surface area contributed by atoms with Gasteiger partial charge in [-0.1, -0.05) is 38.1 Å². The van der Waals surface area contributed by atoms with Gasteiger partial charge in [0.1, 0.15) is 22.0 Å². The summed E-state index contributed by atoms with van der Waals surface area (Å²) in [5.41, 5.74) is -2.30. The Bertz CT molecular complexity index is 1780. The van der Waals surface area contributed by atoms with E-state index in [-0.39, 0.29) is 57.7 Å². The third-order valence-electron chi connectivity index (χ3n) is 8.22. The Morgan fingerprint density at radius 2 is 1.90 bits per heavy atom. The average molecular weight is 596 g/mol. The Morgan fingerprint density at radius 1 is 1.19 bits per heavy atom. The number of hydrogen-bond donors (Lipinski definition) is 4. The van der Waals surface area contributed by atoms with Gasteiger partial charge >= 0.3 is 0 Å². The predicted molar refractivity (Wildman–Crippen MR) is 149 cm³/mol. The molecule has 42 heavy (non-hydrogen) atoms. The summed E-state index contributed by atoms with van der Waals surface area (Å²) in [6.45, 7) is 6.91. The second-order valence-electron chi connectivity index (χ2n) is 11.0. The number of carbonyl (C=O) groups is 2. The lowest BCUT2D eigenvalue weighted by Gasteiger charge is -2.34. The largest absolute Gasteiger partial charge is 0.454 e. The number of fused-ring (bicyclic) bond motifs is 5. The first kappa shape index (κ1) is 28.0. The first-order valence-corrected chi connectivity index (χ1v) is 14.9. The number of nitrogens with one attached hydrogen (secondary N) is 3. The van der Waals surface area contributed by atoms with Crippen LogP contribution in [0.3, 0.4) is 0 Å². The number of piperazine rings is 1. The number of aliphatic hydroxyl groups is 1. The number of ketones is 1. The van der Waals surface area contributed by atoms with Gasteiger partial charge in [0.25, 0.3) is 27.4 Å². The number of amides is 1. The molecule has 220 valence electrons. The molecule has 1 aromatic heterocycles. The molecule has 1 saturated heterocycles. The van der Waals surface area contributed by atoms with Crippen LogP contribution in [-0.2, 0) is 21.3 Å². The minimum absolute atomic E-state index is 0.0504. The van der Waals surface area contributed by atoms with Crippen molar-refractivity contribution in [3.63, 3.8) is 0 Å². The summed E-state index contributed by atoms with van der Waals surface area (Å²) >= 11 is 0. The van der Waals surface area contributed by atoms with Crippen LogP contribution in [0, 0.1) is 17.0 Å². The lowest BCUT2D eigenvalue weighted by molar-refractivity contribution is -0.388. The number of carbonyl (C=O) groups excluding carboxylic acids is 2. The van der Waals surface area contributed by atoms with Gasteiger partial charge in [-0.05, 0) is 36.1 Å². The van der Waals surface area contributed by atoms with Crippen molar-refractivity contribution in [1.29, 1.82) is 0 Å². The van der Waals surface area contributed by atoms with Crippen LogP contribution >= 0.6 is 0 Å². The van der Waals surface area contributed by atoms with Crippen LogP contribution in [0.1, 0.15) is 62.9 Å². The van der Waals surface area contributed by atoms with Crippen molar-refractivity contribution in [3.05, 3.63) is 86.1 Å². The molecule has 2 aromatic carbocycles. The minimum atomic E-state index is -3.95. The highest BCUT2D eigenvalue weighted by atomic mass is 32.2. The molecule has 0 radical (unpaired) electrons. The third-order valence-corrected chi connectivity index (χ3v) is 10.0. The monoisotopic (exact) mass is 595 g/mol. The molecule has 1 amide bonds. The zero-order valence-corrected chi connectivity index (χ0v) is 23.9. The van der Waals surface area contributed by atoms with Crippen molar-refractivity contribution in [3.8, 4) is 5.75 Å². The number of hydrogen-bond acceptors (Lipinski definition) is 9. The van der Waals surface area contributed by atoms with Crippen molar-refractivity contribution < 1.29 is 32.8 Å². The van der Waals surface area contributed by atoms with E-state index < -0.39 is 43.7 Å². The molecular weight excluding hydrogens is 566 g/mol. The maximum absolute atomic E-state index is 14.2. The first-order valence-electron chi connectivity index (χ1n) is 13.4. The molecule has 2 unspecified atom stereocenters. The van der Waals surface area contributed by atoms with Crippen LogP contribution in [0.25, 0.3) is 0 Å². The number of benzene rings is 2. The maximum Gasteiger partial charge on any atom is 0.280 e. The fourth-order valence-corrected chi connectivity index (χ4v) is 7.53. The van der Waals surface area contributed by atoms with Gasteiger partial charge in [0.2, 0.25) is 11.3 Å². The van der Waals surface area contributed by atoms with Gasteiger partial charge in [0.15, 0.2) is 0 Å². The second kappa shape index (κ2) is 9.46. The van der Waals surface area contributed by atoms with Crippen molar-refractivity contribution in [2.45, 2.75) is 43.0 Å².